The summed E-state index contributed by atoms with van der Waals surface area (Å²) < 4.78 is 27.4. The number of halogens is 2. The minimum absolute atomic E-state index is 0.0960. The van der Waals surface area contributed by atoms with E-state index in [4.69, 9.17) is 23.2 Å². The molecule has 0 radical (unpaired) electrons. The van der Waals surface area contributed by atoms with E-state index in [0.717, 1.165) is 0 Å². The first-order chi connectivity index (χ1) is 11.3. The Balaban J connectivity index is 2.36. The fourth-order valence-electron chi connectivity index (χ4n) is 1.92. The van der Waals surface area contributed by atoms with Gasteiger partial charge in [-0.1, -0.05) is 41.4 Å². The van der Waals surface area contributed by atoms with E-state index >= 15 is 0 Å². The zero-order valence-corrected chi connectivity index (χ0v) is 14.8. The van der Waals surface area contributed by atoms with Crippen molar-refractivity contribution in [3.8, 4) is 0 Å². The van der Waals surface area contributed by atoms with Crippen LogP contribution in [0.2, 0.25) is 10.0 Å². The molecular formula is C16H14Cl2N2O3S. The van der Waals surface area contributed by atoms with Gasteiger partial charge in [0.2, 0.25) is 0 Å². The first-order valence-electron chi connectivity index (χ1n) is 6.80. The van der Waals surface area contributed by atoms with E-state index in [1.807, 2.05) is 0 Å². The Labute approximate surface area is 150 Å². The molecule has 5 nitrogen and oxygen atoms in total. The highest BCUT2D eigenvalue weighted by Gasteiger charge is 2.19. The highest BCUT2D eigenvalue weighted by Crippen LogP contribution is 2.25. The Kier molecular flexibility index (Phi) is 5.88. The molecule has 2 aromatic carbocycles. The average molecular weight is 385 g/mol. The van der Waals surface area contributed by atoms with E-state index in [-0.39, 0.29) is 32.7 Å². The van der Waals surface area contributed by atoms with Gasteiger partial charge in [-0.25, -0.2) is 8.42 Å². The van der Waals surface area contributed by atoms with Crippen LogP contribution in [-0.2, 0) is 10.0 Å². The molecule has 2 aromatic rings. The van der Waals surface area contributed by atoms with Gasteiger partial charge in [-0.15, -0.1) is 6.58 Å². The van der Waals surface area contributed by atoms with Gasteiger partial charge in [0.1, 0.15) is 0 Å². The molecule has 0 saturated carbocycles. The number of anilines is 1. The van der Waals surface area contributed by atoms with Crippen LogP contribution in [0.4, 0.5) is 5.69 Å². The summed E-state index contributed by atoms with van der Waals surface area (Å²) in [6.07, 6.45) is 1.53. The molecule has 0 aliphatic carbocycles. The molecule has 24 heavy (non-hydrogen) atoms. The predicted octanol–water partition coefficient (Wildman–Crippen LogP) is 3.71. The summed E-state index contributed by atoms with van der Waals surface area (Å²) in [6.45, 7) is 3.78. The fraction of sp³-hybridized carbons (Fsp3) is 0.0625. The Bertz CT molecular complexity index is 862. The molecule has 2 N–H and O–H groups in total. The van der Waals surface area contributed by atoms with Crippen molar-refractivity contribution in [3.63, 3.8) is 0 Å². The van der Waals surface area contributed by atoms with Crippen molar-refractivity contribution in [3.05, 3.63) is 70.7 Å². The Hall–Kier alpha value is -2.02. The number of benzene rings is 2. The molecule has 0 aromatic heterocycles. The van der Waals surface area contributed by atoms with Gasteiger partial charge in [0, 0.05) is 16.6 Å². The van der Waals surface area contributed by atoms with Gasteiger partial charge < -0.3 is 5.32 Å². The maximum Gasteiger partial charge on any atom is 0.262 e. The van der Waals surface area contributed by atoms with Crippen molar-refractivity contribution in [1.29, 1.82) is 0 Å². The molecule has 1 amide bonds. The number of carbonyl (C=O) groups is 1. The van der Waals surface area contributed by atoms with Crippen molar-refractivity contribution in [1.82, 2.24) is 5.32 Å². The molecular weight excluding hydrogens is 371 g/mol. The quantitative estimate of drug-likeness (QED) is 0.745. The minimum atomic E-state index is -3.95. The Morgan fingerprint density at radius 3 is 2.38 bits per heavy atom. The lowest BCUT2D eigenvalue weighted by molar-refractivity contribution is 0.0959. The number of carbonyl (C=O) groups excluding carboxylic acids is 1. The van der Waals surface area contributed by atoms with Gasteiger partial charge in [0.15, 0.2) is 0 Å². The van der Waals surface area contributed by atoms with Crippen LogP contribution in [0.1, 0.15) is 10.4 Å². The second kappa shape index (κ2) is 7.70. The molecule has 0 bridgehead atoms. The monoisotopic (exact) mass is 384 g/mol. The van der Waals surface area contributed by atoms with Crippen molar-refractivity contribution in [2.45, 2.75) is 4.90 Å². The summed E-state index contributed by atoms with van der Waals surface area (Å²) in [7, 11) is -3.95. The van der Waals surface area contributed by atoms with Crippen LogP contribution in [0.3, 0.4) is 0 Å². The third-order valence-electron chi connectivity index (χ3n) is 2.97. The van der Waals surface area contributed by atoms with Gasteiger partial charge in [-0.05, 0) is 30.3 Å². The SMILES string of the molecule is C=CCNC(=O)c1ccccc1NS(=O)(=O)c1cc(Cl)cc(Cl)c1. The zero-order valence-electron chi connectivity index (χ0n) is 12.4. The Morgan fingerprint density at radius 1 is 1.12 bits per heavy atom. The number of sulfonamides is 1. The summed E-state index contributed by atoms with van der Waals surface area (Å²) in [6, 6.07) is 10.2. The largest absolute Gasteiger partial charge is 0.349 e. The molecule has 0 saturated heterocycles. The fourth-order valence-corrected chi connectivity index (χ4v) is 3.72. The van der Waals surface area contributed by atoms with E-state index in [1.54, 1.807) is 12.1 Å². The van der Waals surface area contributed by atoms with E-state index in [0.29, 0.717) is 0 Å². The lowest BCUT2D eigenvalue weighted by Gasteiger charge is -2.12. The summed E-state index contributed by atoms with van der Waals surface area (Å²) in [5.74, 6) is -0.419. The molecule has 0 heterocycles. The Morgan fingerprint density at radius 2 is 1.75 bits per heavy atom. The smallest absolute Gasteiger partial charge is 0.262 e. The van der Waals surface area contributed by atoms with E-state index < -0.39 is 15.9 Å². The number of hydrogen-bond acceptors (Lipinski definition) is 3. The van der Waals surface area contributed by atoms with Crippen LogP contribution >= 0.6 is 23.2 Å². The second-order valence-electron chi connectivity index (χ2n) is 4.75. The van der Waals surface area contributed by atoms with Gasteiger partial charge in [0.25, 0.3) is 15.9 Å². The molecule has 0 fully saturated rings. The number of para-hydroxylation sites is 1. The number of rotatable bonds is 6. The lowest BCUT2D eigenvalue weighted by Crippen LogP contribution is -2.25. The lowest BCUT2D eigenvalue weighted by atomic mass is 10.1. The molecule has 126 valence electrons. The average Bonchev–Trinajstić information content (AvgIpc) is 2.52. The third-order valence-corrected chi connectivity index (χ3v) is 4.75. The van der Waals surface area contributed by atoms with Crippen LogP contribution < -0.4 is 10.0 Å². The van der Waals surface area contributed by atoms with Crippen LogP contribution in [0.5, 0.6) is 0 Å². The highest BCUT2D eigenvalue weighted by molar-refractivity contribution is 7.92. The standard InChI is InChI=1S/C16H14Cl2N2O3S/c1-2-7-19-16(21)14-5-3-4-6-15(14)20-24(22,23)13-9-11(17)8-12(18)10-13/h2-6,8-10,20H,1,7H2,(H,19,21). The first-order valence-corrected chi connectivity index (χ1v) is 9.04. The summed E-state index contributed by atoms with van der Waals surface area (Å²) >= 11 is 11.7. The van der Waals surface area contributed by atoms with Crippen LogP contribution in [0, 0.1) is 0 Å². The molecule has 0 aliphatic rings. The van der Waals surface area contributed by atoms with Crippen LogP contribution in [0.25, 0.3) is 0 Å². The van der Waals surface area contributed by atoms with E-state index in [9.17, 15) is 13.2 Å². The summed E-state index contributed by atoms with van der Waals surface area (Å²) in [5, 5.41) is 2.99. The van der Waals surface area contributed by atoms with Crippen LogP contribution in [-0.4, -0.2) is 20.9 Å². The van der Waals surface area contributed by atoms with E-state index in [2.05, 4.69) is 16.6 Å². The van der Waals surface area contributed by atoms with Crippen molar-refractivity contribution in [2.24, 2.45) is 0 Å². The van der Waals surface area contributed by atoms with Gasteiger partial charge in [0.05, 0.1) is 16.1 Å². The minimum Gasteiger partial charge on any atom is -0.349 e. The van der Waals surface area contributed by atoms with Gasteiger partial charge in [-0.2, -0.15) is 0 Å². The highest BCUT2D eigenvalue weighted by atomic mass is 35.5. The number of nitrogens with one attached hydrogen (secondary N) is 2. The normalized spacial score (nSPS) is 10.9. The number of amides is 1. The van der Waals surface area contributed by atoms with Crippen molar-refractivity contribution >= 4 is 44.8 Å². The third kappa shape index (κ3) is 4.50. The topological polar surface area (TPSA) is 75.3 Å². The summed E-state index contributed by atoms with van der Waals surface area (Å²) in [4.78, 5) is 12.0. The second-order valence-corrected chi connectivity index (χ2v) is 7.31. The molecule has 0 unspecified atom stereocenters. The van der Waals surface area contributed by atoms with Crippen molar-refractivity contribution < 1.29 is 13.2 Å². The van der Waals surface area contributed by atoms with E-state index in [1.165, 1.54) is 36.4 Å². The maximum atomic E-state index is 12.5. The maximum absolute atomic E-state index is 12.5. The molecule has 0 aliphatic heterocycles. The predicted molar refractivity (Wildman–Crippen MR) is 96.2 cm³/mol. The first kappa shape index (κ1) is 18.3. The van der Waals surface area contributed by atoms with Crippen LogP contribution in [0.15, 0.2) is 60.0 Å². The zero-order chi connectivity index (χ0) is 17.7. The van der Waals surface area contributed by atoms with Gasteiger partial charge in [-0.3, -0.25) is 9.52 Å². The molecule has 0 atom stereocenters. The number of hydrogen-bond donors (Lipinski definition) is 2. The van der Waals surface area contributed by atoms with Crippen molar-refractivity contribution in [2.75, 3.05) is 11.3 Å². The molecule has 8 heteroatoms. The summed E-state index contributed by atoms with van der Waals surface area (Å²) in [5.41, 5.74) is 0.339. The molecule has 0 spiro atoms. The molecule has 2 rings (SSSR count). The van der Waals surface area contributed by atoms with Gasteiger partial charge >= 0.3 is 0 Å².